The molecule has 0 aliphatic heterocycles. The van der Waals surface area contributed by atoms with Gasteiger partial charge in [-0.3, -0.25) is 9.59 Å². The van der Waals surface area contributed by atoms with E-state index in [2.05, 4.69) is 5.32 Å². The standard InChI is InChI=1S/C16H21NO2S/c1-12(16(19)20-14-10-6-3-7-11-14)17-15(18)13-8-4-2-5-9-13/h2,4-5,8-9,12,14H,3,6-7,10-11H2,1H3,(H,17,18)/t12-/m0/s1. The third-order valence-corrected chi connectivity index (χ3v) is 4.96. The molecule has 108 valence electrons. The second-order valence-corrected chi connectivity index (χ2v) is 6.56. The fraction of sp³-hybridized carbons (Fsp3) is 0.500. The van der Waals surface area contributed by atoms with Crippen LogP contribution >= 0.6 is 11.8 Å². The van der Waals surface area contributed by atoms with Crippen molar-refractivity contribution in [2.24, 2.45) is 0 Å². The maximum atomic E-state index is 12.1. The molecule has 20 heavy (non-hydrogen) atoms. The molecule has 0 heterocycles. The second kappa shape index (κ2) is 7.48. The first-order chi connectivity index (χ1) is 9.66. The zero-order chi connectivity index (χ0) is 14.4. The lowest BCUT2D eigenvalue weighted by molar-refractivity contribution is -0.112. The van der Waals surface area contributed by atoms with E-state index in [9.17, 15) is 9.59 Å². The molecule has 0 spiro atoms. The van der Waals surface area contributed by atoms with Gasteiger partial charge in [0.15, 0.2) is 0 Å². The highest BCUT2D eigenvalue weighted by molar-refractivity contribution is 8.14. The van der Waals surface area contributed by atoms with Crippen LogP contribution in [0.5, 0.6) is 0 Å². The molecular weight excluding hydrogens is 270 g/mol. The number of hydrogen-bond donors (Lipinski definition) is 1. The van der Waals surface area contributed by atoms with E-state index >= 15 is 0 Å². The lowest BCUT2D eigenvalue weighted by Crippen LogP contribution is -2.38. The van der Waals surface area contributed by atoms with E-state index in [0.717, 1.165) is 12.8 Å². The zero-order valence-electron chi connectivity index (χ0n) is 11.8. The van der Waals surface area contributed by atoms with Gasteiger partial charge in [0, 0.05) is 10.8 Å². The van der Waals surface area contributed by atoms with Crippen LogP contribution in [0.2, 0.25) is 0 Å². The first-order valence-corrected chi connectivity index (χ1v) is 8.11. The zero-order valence-corrected chi connectivity index (χ0v) is 12.6. The molecule has 0 bridgehead atoms. The molecule has 1 fully saturated rings. The van der Waals surface area contributed by atoms with Crippen LogP contribution in [0, 0.1) is 0 Å². The average Bonchev–Trinajstić information content (AvgIpc) is 2.49. The molecule has 2 rings (SSSR count). The van der Waals surface area contributed by atoms with Gasteiger partial charge in [-0.15, -0.1) is 0 Å². The topological polar surface area (TPSA) is 46.2 Å². The number of nitrogens with one attached hydrogen (secondary N) is 1. The monoisotopic (exact) mass is 291 g/mol. The Morgan fingerprint density at radius 2 is 1.80 bits per heavy atom. The summed E-state index contributed by atoms with van der Waals surface area (Å²) in [5.74, 6) is -0.185. The molecule has 0 unspecified atom stereocenters. The molecule has 1 aromatic carbocycles. The van der Waals surface area contributed by atoms with Gasteiger partial charge in [0.1, 0.15) is 0 Å². The van der Waals surface area contributed by atoms with E-state index in [-0.39, 0.29) is 11.0 Å². The van der Waals surface area contributed by atoms with Crippen molar-refractivity contribution in [2.75, 3.05) is 0 Å². The largest absolute Gasteiger partial charge is 0.342 e. The number of hydrogen-bond acceptors (Lipinski definition) is 3. The summed E-state index contributed by atoms with van der Waals surface area (Å²) in [7, 11) is 0. The van der Waals surface area contributed by atoms with Gasteiger partial charge in [0.25, 0.3) is 5.91 Å². The number of amides is 1. The fourth-order valence-corrected chi connectivity index (χ4v) is 3.54. The summed E-state index contributed by atoms with van der Waals surface area (Å²) in [5, 5.41) is 3.28. The normalized spacial score (nSPS) is 17.4. The predicted molar refractivity (Wildman–Crippen MR) is 82.8 cm³/mol. The minimum Gasteiger partial charge on any atom is -0.342 e. The number of rotatable bonds is 4. The summed E-state index contributed by atoms with van der Waals surface area (Å²) in [4.78, 5) is 24.1. The van der Waals surface area contributed by atoms with Crippen LogP contribution in [0.1, 0.15) is 49.4 Å². The Kier molecular flexibility index (Phi) is 5.65. The van der Waals surface area contributed by atoms with Gasteiger partial charge in [0.05, 0.1) is 6.04 Å². The van der Waals surface area contributed by atoms with Crippen LogP contribution in [0.3, 0.4) is 0 Å². The first-order valence-electron chi connectivity index (χ1n) is 7.23. The molecule has 0 aromatic heterocycles. The highest BCUT2D eigenvalue weighted by atomic mass is 32.2. The molecule has 1 N–H and O–H groups in total. The van der Waals surface area contributed by atoms with Crippen molar-refractivity contribution in [1.29, 1.82) is 0 Å². The van der Waals surface area contributed by atoms with Crippen LogP contribution in [0.4, 0.5) is 0 Å². The number of carbonyl (C=O) groups is 2. The third kappa shape index (κ3) is 4.37. The Labute approximate surface area is 124 Å². The molecule has 3 nitrogen and oxygen atoms in total. The van der Waals surface area contributed by atoms with Crippen LogP contribution in [-0.4, -0.2) is 22.3 Å². The van der Waals surface area contributed by atoms with Gasteiger partial charge >= 0.3 is 0 Å². The number of thioether (sulfide) groups is 1. The quantitative estimate of drug-likeness (QED) is 0.925. The van der Waals surface area contributed by atoms with Gasteiger partial charge in [-0.25, -0.2) is 0 Å². The van der Waals surface area contributed by atoms with E-state index in [4.69, 9.17) is 0 Å². The van der Waals surface area contributed by atoms with Crippen molar-refractivity contribution in [2.45, 2.75) is 50.3 Å². The van der Waals surface area contributed by atoms with Gasteiger partial charge in [-0.05, 0) is 31.9 Å². The molecule has 1 atom stereocenters. The molecule has 0 saturated heterocycles. The van der Waals surface area contributed by atoms with Crippen LogP contribution in [0.15, 0.2) is 30.3 Å². The first kappa shape index (κ1) is 15.1. The Bertz CT molecular complexity index is 455. The van der Waals surface area contributed by atoms with Gasteiger partial charge in [0.2, 0.25) is 5.12 Å². The smallest absolute Gasteiger partial charge is 0.251 e. The molecule has 1 aliphatic carbocycles. The van der Waals surface area contributed by atoms with Gasteiger partial charge in [-0.2, -0.15) is 0 Å². The van der Waals surface area contributed by atoms with Gasteiger partial charge in [-0.1, -0.05) is 49.2 Å². The van der Waals surface area contributed by atoms with E-state index < -0.39 is 6.04 Å². The molecule has 4 heteroatoms. The molecule has 0 radical (unpaired) electrons. The van der Waals surface area contributed by atoms with Crippen molar-refractivity contribution >= 4 is 22.8 Å². The third-order valence-electron chi connectivity index (χ3n) is 3.57. The lowest BCUT2D eigenvalue weighted by atomic mass is 10.0. The summed E-state index contributed by atoms with van der Waals surface area (Å²) in [6, 6.07) is 8.57. The van der Waals surface area contributed by atoms with Gasteiger partial charge < -0.3 is 5.32 Å². The predicted octanol–water partition coefficient (Wildman–Crippen LogP) is 3.40. The Hall–Kier alpha value is -1.29. The van der Waals surface area contributed by atoms with Crippen molar-refractivity contribution in [3.63, 3.8) is 0 Å². The Morgan fingerprint density at radius 1 is 1.15 bits per heavy atom. The summed E-state index contributed by atoms with van der Waals surface area (Å²) < 4.78 is 0. The number of benzene rings is 1. The number of carbonyl (C=O) groups excluding carboxylic acids is 2. The minimum atomic E-state index is -0.436. The molecule has 1 aromatic rings. The van der Waals surface area contributed by atoms with Crippen LogP contribution in [-0.2, 0) is 4.79 Å². The molecule has 1 amide bonds. The van der Waals surface area contributed by atoms with E-state index in [1.165, 1.54) is 31.0 Å². The van der Waals surface area contributed by atoms with Crippen molar-refractivity contribution in [3.8, 4) is 0 Å². The average molecular weight is 291 g/mol. The maximum Gasteiger partial charge on any atom is 0.251 e. The molecule has 1 saturated carbocycles. The highest BCUT2D eigenvalue weighted by Crippen LogP contribution is 2.29. The lowest BCUT2D eigenvalue weighted by Gasteiger charge is -2.22. The van der Waals surface area contributed by atoms with E-state index in [0.29, 0.717) is 10.8 Å². The molecular formula is C16H21NO2S. The van der Waals surface area contributed by atoms with E-state index in [1.807, 2.05) is 18.2 Å². The van der Waals surface area contributed by atoms with Crippen LogP contribution in [0.25, 0.3) is 0 Å². The maximum absolute atomic E-state index is 12.1. The van der Waals surface area contributed by atoms with Crippen molar-refractivity contribution in [1.82, 2.24) is 5.32 Å². The Balaban J connectivity index is 1.83. The summed E-state index contributed by atoms with van der Waals surface area (Å²) in [6.45, 7) is 1.76. The second-order valence-electron chi connectivity index (χ2n) is 5.26. The van der Waals surface area contributed by atoms with E-state index in [1.54, 1.807) is 19.1 Å². The summed E-state index contributed by atoms with van der Waals surface area (Å²) in [5.41, 5.74) is 0.592. The SMILES string of the molecule is C[C@H](NC(=O)c1ccccc1)C(=O)SC1CCCCC1. The summed E-state index contributed by atoms with van der Waals surface area (Å²) in [6.07, 6.45) is 5.96. The molecule has 1 aliphatic rings. The van der Waals surface area contributed by atoms with Crippen molar-refractivity contribution < 1.29 is 9.59 Å². The minimum absolute atomic E-state index is 0.0705. The summed E-state index contributed by atoms with van der Waals surface area (Å²) >= 11 is 1.41. The highest BCUT2D eigenvalue weighted by Gasteiger charge is 2.22. The van der Waals surface area contributed by atoms with Crippen molar-refractivity contribution in [3.05, 3.63) is 35.9 Å². The van der Waals surface area contributed by atoms with Crippen LogP contribution < -0.4 is 5.32 Å². The Morgan fingerprint density at radius 3 is 2.45 bits per heavy atom. The fourth-order valence-electron chi connectivity index (χ4n) is 2.38.